The Kier molecular flexibility index (Phi) is 7.26. The van der Waals surface area contributed by atoms with Crippen LogP contribution in [0.3, 0.4) is 0 Å². The zero-order valence-electron chi connectivity index (χ0n) is 18.1. The van der Waals surface area contributed by atoms with Crippen LogP contribution in [0.4, 0.5) is 5.69 Å². The lowest BCUT2D eigenvalue weighted by molar-refractivity contribution is 0.102. The van der Waals surface area contributed by atoms with Crippen molar-refractivity contribution in [2.75, 3.05) is 18.1 Å². The number of hydrogen-bond donors (Lipinski definition) is 2. The fourth-order valence-corrected chi connectivity index (χ4v) is 6.08. The second-order valence-corrected chi connectivity index (χ2v) is 12.1. The number of carbonyl (C=O) groups is 1. The molecule has 2 N–H and O–H groups in total. The number of sulfonamides is 1. The number of anilines is 1. The Morgan fingerprint density at radius 2 is 1.59 bits per heavy atom. The minimum absolute atomic E-state index is 0.0136. The van der Waals surface area contributed by atoms with Crippen LogP contribution >= 0.6 is 0 Å². The van der Waals surface area contributed by atoms with Crippen molar-refractivity contribution in [3.8, 4) is 5.75 Å². The van der Waals surface area contributed by atoms with Gasteiger partial charge in [0.25, 0.3) is 5.91 Å². The lowest BCUT2D eigenvalue weighted by Gasteiger charge is -2.30. The predicted octanol–water partition coefficient (Wildman–Crippen LogP) is 3.39. The van der Waals surface area contributed by atoms with Crippen LogP contribution in [0.25, 0.3) is 0 Å². The summed E-state index contributed by atoms with van der Waals surface area (Å²) in [4.78, 5) is 12.7. The van der Waals surface area contributed by atoms with Gasteiger partial charge in [-0.2, -0.15) is 4.31 Å². The van der Waals surface area contributed by atoms with Crippen LogP contribution in [0.5, 0.6) is 5.75 Å². The summed E-state index contributed by atoms with van der Waals surface area (Å²) in [5.41, 5.74) is 0.130. The Morgan fingerprint density at radius 1 is 1.00 bits per heavy atom. The van der Waals surface area contributed by atoms with E-state index in [2.05, 4.69) is 5.32 Å². The molecule has 0 atom stereocenters. The van der Waals surface area contributed by atoms with Crippen LogP contribution < -0.4 is 5.32 Å². The van der Waals surface area contributed by atoms with Crippen molar-refractivity contribution >= 4 is 31.5 Å². The molecule has 1 aliphatic rings. The van der Waals surface area contributed by atoms with E-state index < -0.39 is 25.8 Å². The molecule has 2 aromatic rings. The zero-order chi connectivity index (χ0) is 23.5. The van der Waals surface area contributed by atoms with Crippen molar-refractivity contribution in [3.63, 3.8) is 0 Å². The molecule has 1 amide bonds. The maximum Gasteiger partial charge on any atom is 0.255 e. The topological polar surface area (TPSA) is 121 Å². The number of carbonyl (C=O) groups excluding carboxylic acids is 1. The molecule has 1 saturated carbocycles. The third-order valence-electron chi connectivity index (χ3n) is 5.84. The van der Waals surface area contributed by atoms with Gasteiger partial charge in [-0.3, -0.25) is 4.79 Å². The van der Waals surface area contributed by atoms with Gasteiger partial charge >= 0.3 is 0 Å². The summed E-state index contributed by atoms with van der Waals surface area (Å²) in [5, 5.41) is 12.5. The Labute approximate surface area is 189 Å². The minimum Gasteiger partial charge on any atom is -0.506 e. The third-order valence-corrected chi connectivity index (χ3v) is 9.49. The van der Waals surface area contributed by atoms with Crippen LogP contribution in [0.2, 0.25) is 0 Å². The first-order valence-corrected chi connectivity index (χ1v) is 13.6. The highest BCUT2D eigenvalue weighted by molar-refractivity contribution is 7.91. The Bertz CT molecular complexity index is 1190. The number of benzene rings is 2. The second kappa shape index (κ2) is 9.60. The summed E-state index contributed by atoms with van der Waals surface area (Å²) in [6.07, 6.45) is 4.82. The Hall–Kier alpha value is -2.43. The molecule has 2 aromatic carbocycles. The van der Waals surface area contributed by atoms with Crippen LogP contribution in [-0.4, -0.2) is 51.0 Å². The molecule has 1 fully saturated rings. The van der Waals surface area contributed by atoms with Crippen LogP contribution in [0, 0.1) is 0 Å². The first-order chi connectivity index (χ1) is 15.1. The first kappa shape index (κ1) is 24.2. The average molecular weight is 481 g/mol. The first-order valence-electron chi connectivity index (χ1n) is 10.5. The molecular weight excluding hydrogens is 452 g/mol. The molecule has 8 nitrogen and oxygen atoms in total. The number of nitrogens with zero attached hydrogens (tertiary/aromatic N) is 1. The normalized spacial score (nSPS) is 15.6. The Morgan fingerprint density at radius 3 is 2.19 bits per heavy atom. The van der Waals surface area contributed by atoms with Gasteiger partial charge in [-0.15, -0.1) is 0 Å². The average Bonchev–Trinajstić information content (AvgIpc) is 2.80. The fourth-order valence-electron chi connectivity index (χ4n) is 3.76. The smallest absolute Gasteiger partial charge is 0.255 e. The monoisotopic (exact) mass is 480 g/mol. The molecule has 0 bridgehead atoms. The summed E-state index contributed by atoms with van der Waals surface area (Å²) in [7, 11) is -5.60. The van der Waals surface area contributed by atoms with E-state index in [0.717, 1.165) is 32.1 Å². The van der Waals surface area contributed by atoms with Gasteiger partial charge in [-0.05, 0) is 55.3 Å². The number of rotatable bonds is 7. The van der Waals surface area contributed by atoms with Crippen LogP contribution in [-0.2, 0) is 19.9 Å². The summed E-state index contributed by atoms with van der Waals surface area (Å²) in [6.45, 7) is 1.50. The Balaban J connectivity index is 1.78. The van der Waals surface area contributed by atoms with Gasteiger partial charge in [0.05, 0.1) is 21.2 Å². The van der Waals surface area contributed by atoms with Gasteiger partial charge in [0.1, 0.15) is 5.75 Å². The molecule has 0 spiro atoms. The lowest BCUT2D eigenvalue weighted by Crippen LogP contribution is -2.38. The molecule has 0 aromatic heterocycles. The predicted molar refractivity (Wildman–Crippen MR) is 122 cm³/mol. The third kappa shape index (κ3) is 5.13. The minimum atomic E-state index is -3.68. The summed E-state index contributed by atoms with van der Waals surface area (Å²) in [5.74, 6) is -0.992. The summed E-state index contributed by atoms with van der Waals surface area (Å²) < 4.78 is 51.4. The molecule has 3 rings (SSSR count). The zero-order valence-corrected chi connectivity index (χ0v) is 19.7. The van der Waals surface area contributed by atoms with Crippen LogP contribution in [0.15, 0.2) is 52.3 Å². The number of hydrogen-bond acceptors (Lipinski definition) is 6. The van der Waals surface area contributed by atoms with Crippen molar-refractivity contribution in [2.24, 2.45) is 0 Å². The number of amides is 1. The molecule has 1 aliphatic carbocycles. The van der Waals surface area contributed by atoms with E-state index in [9.17, 15) is 26.7 Å². The standard InChI is InChI=1S/C22H28N2O6S2/c1-3-31(27,28)19-13-14-21(25)20(15-19)23-22(26)16-9-11-18(12-10-16)32(29,30)24(2)17-7-5-4-6-8-17/h9-15,17,25H,3-8H2,1-2H3,(H,23,26). The van der Waals surface area contributed by atoms with E-state index in [1.54, 1.807) is 7.05 Å². The number of nitrogens with one attached hydrogen (secondary N) is 1. The molecule has 0 aliphatic heterocycles. The maximum atomic E-state index is 12.9. The number of aromatic hydroxyl groups is 1. The lowest BCUT2D eigenvalue weighted by atomic mass is 9.96. The number of phenols is 1. The summed E-state index contributed by atoms with van der Waals surface area (Å²) >= 11 is 0. The van der Waals surface area contributed by atoms with Gasteiger partial charge in [-0.25, -0.2) is 16.8 Å². The maximum absolute atomic E-state index is 12.9. The molecule has 0 heterocycles. The highest BCUT2D eigenvalue weighted by Crippen LogP contribution is 2.29. The van der Waals surface area contributed by atoms with Gasteiger partial charge < -0.3 is 10.4 Å². The molecule has 0 saturated heterocycles. The van der Waals surface area contributed by atoms with Gasteiger partial charge in [-0.1, -0.05) is 26.2 Å². The molecule has 32 heavy (non-hydrogen) atoms. The van der Waals surface area contributed by atoms with Crippen LogP contribution in [0.1, 0.15) is 49.4 Å². The highest BCUT2D eigenvalue weighted by Gasteiger charge is 2.29. The molecule has 10 heteroatoms. The fraction of sp³-hybridized carbons (Fsp3) is 0.409. The van der Waals surface area contributed by atoms with Gasteiger partial charge in [0.15, 0.2) is 9.84 Å². The molecule has 174 valence electrons. The molecule has 0 radical (unpaired) electrons. The second-order valence-electron chi connectivity index (χ2n) is 7.87. The van der Waals surface area contributed by atoms with Crippen molar-refractivity contribution in [1.29, 1.82) is 0 Å². The highest BCUT2D eigenvalue weighted by atomic mass is 32.2. The largest absolute Gasteiger partial charge is 0.506 e. The van der Waals surface area contributed by atoms with E-state index >= 15 is 0 Å². The van der Waals surface area contributed by atoms with E-state index in [4.69, 9.17) is 0 Å². The SMILES string of the molecule is CCS(=O)(=O)c1ccc(O)c(NC(=O)c2ccc(S(=O)(=O)N(C)C3CCCCC3)cc2)c1. The van der Waals surface area contributed by atoms with Gasteiger partial charge in [0, 0.05) is 18.7 Å². The molecular formula is C22H28N2O6S2. The molecule has 0 unspecified atom stereocenters. The van der Waals surface area contributed by atoms with Crippen molar-refractivity contribution in [1.82, 2.24) is 4.31 Å². The van der Waals surface area contributed by atoms with Crippen molar-refractivity contribution < 1.29 is 26.7 Å². The van der Waals surface area contributed by atoms with E-state index in [1.807, 2.05) is 0 Å². The number of sulfone groups is 1. The van der Waals surface area contributed by atoms with E-state index in [0.29, 0.717) is 0 Å². The van der Waals surface area contributed by atoms with E-state index in [1.165, 1.54) is 53.7 Å². The summed E-state index contributed by atoms with van der Waals surface area (Å²) in [6, 6.07) is 9.18. The van der Waals surface area contributed by atoms with E-state index in [-0.39, 0.29) is 38.6 Å². The van der Waals surface area contributed by atoms with Crippen molar-refractivity contribution in [2.45, 2.75) is 54.9 Å². The van der Waals surface area contributed by atoms with Crippen molar-refractivity contribution in [3.05, 3.63) is 48.0 Å². The quantitative estimate of drug-likeness (QED) is 0.586. The number of phenolic OH excluding ortho intramolecular Hbond substituents is 1. The van der Waals surface area contributed by atoms with Gasteiger partial charge in [0.2, 0.25) is 10.0 Å².